The number of hydrogen-bond acceptors (Lipinski definition) is 7. The number of anilines is 1. The number of hydrogen-bond donors (Lipinski definition) is 2. The fourth-order valence-corrected chi connectivity index (χ4v) is 2.15. The lowest BCUT2D eigenvalue weighted by Crippen LogP contribution is -2.12. The first-order chi connectivity index (χ1) is 10.0. The standard InChI is InChI=1S/C11H10BrCl2N5O2/c1-2-20-10-16-9(19-15)17-11(18-10)21-8-4-6(13)5(12)3-7(8)14/h3-4H,2,15H2,1H3,(H,16,17,18,19). The third-order valence-corrected chi connectivity index (χ3v) is 3.67. The molecule has 0 atom stereocenters. The molecule has 0 fully saturated rings. The minimum absolute atomic E-state index is 0.0262. The number of ether oxygens (including phenoxy) is 2. The number of benzene rings is 1. The normalized spacial score (nSPS) is 10.3. The van der Waals surface area contributed by atoms with Gasteiger partial charge in [0.25, 0.3) is 0 Å². The van der Waals surface area contributed by atoms with Gasteiger partial charge in [-0.3, -0.25) is 5.43 Å². The molecule has 10 heteroatoms. The predicted molar refractivity (Wildman–Crippen MR) is 83.0 cm³/mol. The average molecular weight is 395 g/mol. The van der Waals surface area contributed by atoms with Crippen molar-refractivity contribution in [1.82, 2.24) is 15.0 Å². The van der Waals surface area contributed by atoms with Crippen LogP contribution in [-0.2, 0) is 0 Å². The molecule has 1 heterocycles. The van der Waals surface area contributed by atoms with Crippen LogP contribution in [0.3, 0.4) is 0 Å². The number of hydrazine groups is 1. The van der Waals surface area contributed by atoms with E-state index in [1.807, 2.05) is 0 Å². The molecule has 0 radical (unpaired) electrons. The van der Waals surface area contributed by atoms with Gasteiger partial charge in [0.05, 0.1) is 16.7 Å². The van der Waals surface area contributed by atoms with E-state index >= 15 is 0 Å². The molecule has 0 aliphatic heterocycles. The van der Waals surface area contributed by atoms with Crippen LogP contribution in [0, 0.1) is 0 Å². The number of halogens is 3. The van der Waals surface area contributed by atoms with E-state index in [1.54, 1.807) is 13.0 Å². The van der Waals surface area contributed by atoms with Gasteiger partial charge in [0.1, 0.15) is 0 Å². The third-order valence-electron chi connectivity index (χ3n) is 2.17. The van der Waals surface area contributed by atoms with Crippen LogP contribution < -0.4 is 20.7 Å². The van der Waals surface area contributed by atoms with Gasteiger partial charge >= 0.3 is 12.0 Å². The van der Waals surface area contributed by atoms with Crippen molar-refractivity contribution in [1.29, 1.82) is 0 Å². The zero-order valence-corrected chi connectivity index (χ0v) is 13.8. The first-order valence-corrected chi connectivity index (χ1v) is 7.26. The quantitative estimate of drug-likeness (QED) is 0.455. The molecule has 0 aliphatic rings. The summed E-state index contributed by atoms with van der Waals surface area (Å²) < 4.78 is 11.3. The Balaban J connectivity index is 2.34. The molecule has 0 unspecified atom stereocenters. The van der Waals surface area contributed by atoms with Gasteiger partial charge in [-0.05, 0) is 28.9 Å². The van der Waals surface area contributed by atoms with Crippen LogP contribution in [-0.4, -0.2) is 21.6 Å². The number of aromatic nitrogens is 3. The maximum absolute atomic E-state index is 6.07. The van der Waals surface area contributed by atoms with Crippen LogP contribution in [0.4, 0.5) is 5.95 Å². The Morgan fingerprint density at radius 3 is 2.57 bits per heavy atom. The maximum Gasteiger partial charge on any atom is 0.330 e. The van der Waals surface area contributed by atoms with Crippen LogP contribution in [0.2, 0.25) is 10.0 Å². The second kappa shape index (κ2) is 7.08. The van der Waals surface area contributed by atoms with Crippen molar-refractivity contribution in [2.75, 3.05) is 12.0 Å². The van der Waals surface area contributed by atoms with E-state index in [0.29, 0.717) is 26.9 Å². The lowest BCUT2D eigenvalue weighted by atomic mass is 10.3. The van der Waals surface area contributed by atoms with Gasteiger partial charge in [-0.2, -0.15) is 9.97 Å². The van der Waals surface area contributed by atoms with Crippen LogP contribution >= 0.6 is 39.1 Å². The highest BCUT2D eigenvalue weighted by Gasteiger charge is 2.12. The second-order valence-corrected chi connectivity index (χ2v) is 5.27. The van der Waals surface area contributed by atoms with Gasteiger partial charge < -0.3 is 9.47 Å². The van der Waals surface area contributed by atoms with Gasteiger partial charge in [-0.1, -0.05) is 23.2 Å². The molecule has 0 saturated carbocycles. The van der Waals surface area contributed by atoms with Crippen LogP contribution in [0.25, 0.3) is 0 Å². The SMILES string of the molecule is CCOc1nc(NN)nc(Oc2cc(Cl)c(Br)cc2Cl)n1. The summed E-state index contributed by atoms with van der Waals surface area (Å²) in [5.74, 6) is 5.68. The second-order valence-electron chi connectivity index (χ2n) is 3.60. The van der Waals surface area contributed by atoms with E-state index in [9.17, 15) is 0 Å². The molecular formula is C11H10BrCl2N5O2. The zero-order chi connectivity index (χ0) is 15.4. The summed E-state index contributed by atoms with van der Waals surface area (Å²) in [6, 6.07) is 3.19. The van der Waals surface area contributed by atoms with E-state index in [0.717, 1.165) is 0 Å². The van der Waals surface area contributed by atoms with Crippen molar-refractivity contribution in [2.24, 2.45) is 5.84 Å². The van der Waals surface area contributed by atoms with Crippen molar-refractivity contribution in [3.8, 4) is 17.8 Å². The van der Waals surface area contributed by atoms with Crippen LogP contribution in [0.5, 0.6) is 17.8 Å². The molecule has 0 amide bonds. The van der Waals surface area contributed by atoms with Crippen LogP contribution in [0.15, 0.2) is 16.6 Å². The van der Waals surface area contributed by atoms with Gasteiger partial charge in [-0.25, -0.2) is 5.84 Å². The summed E-state index contributed by atoms with van der Waals surface area (Å²) in [5.41, 5.74) is 2.30. The average Bonchev–Trinajstić information content (AvgIpc) is 2.45. The van der Waals surface area contributed by atoms with Gasteiger partial charge in [0, 0.05) is 10.5 Å². The van der Waals surface area contributed by atoms with E-state index < -0.39 is 0 Å². The van der Waals surface area contributed by atoms with Crippen molar-refractivity contribution in [2.45, 2.75) is 6.92 Å². The molecule has 2 rings (SSSR count). The molecule has 0 aliphatic carbocycles. The Morgan fingerprint density at radius 2 is 1.90 bits per heavy atom. The molecule has 21 heavy (non-hydrogen) atoms. The van der Waals surface area contributed by atoms with Crippen molar-refractivity contribution >= 4 is 45.1 Å². The first kappa shape index (κ1) is 16.0. The Hall–Kier alpha value is -1.35. The van der Waals surface area contributed by atoms with Gasteiger partial charge in [0.15, 0.2) is 5.75 Å². The molecular weight excluding hydrogens is 385 g/mol. The van der Waals surface area contributed by atoms with Gasteiger partial charge in [0.2, 0.25) is 5.95 Å². The third kappa shape index (κ3) is 4.07. The fourth-order valence-electron chi connectivity index (χ4n) is 1.32. The molecule has 1 aromatic carbocycles. The molecule has 0 spiro atoms. The lowest BCUT2D eigenvalue weighted by molar-refractivity contribution is 0.304. The molecule has 0 saturated heterocycles. The van der Waals surface area contributed by atoms with Crippen molar-refractivity contribution < 1.29 is 9.47 Å². The minimum Gasteiger partial charge on any atom is -0.464 e. The molecule has 7 nitrogen and oxygen atoms in total. The van der Waals surface area contributed by atoms with Gasteiger partial charge in [-0.15, -0.1) is 4.98 Å². The van der Waals surface area contributed by atoms with E-state index in [1.165, 1.54) is 6.07 Å². The van der Waals surface area contributed by atoms with E-state index in [2.05, 4.69) is 36.3 Å². The summed E-state index contributed by atoms with van der Waals surface area (Å²) in [6.07, 6.45) is 0. The van der Waals surface area contributed by atoms with E-state index in [-0.39, 0.29) is 18.0 Å². The summed E-state index contributed by atoms with van der Waals surface area (Å²) in [5, 5.41) is 0.776. The summed E-state index contributed by atoms with van der Waals surface area (Å²) in [6.45, 7) is 2.18. The first-order valence-electron chi connectivity index (χ1n) is 5.71. The van der Waals surface area contributed by atoms with Crippen LogP contribution in [0.1, 0.15) is 6.92 Å². The Kier molecular flexibility index (Phi) is 5.40. The van der Waals surface area contributed by atoms with Crippen molar-refractivity contribution in [3.63, 3.8) is 0 Å². The largest absolute Gasteiger partial charge is 0.464 e. The lowest BCUT2D eigenvalue weighted by Gasteiger charge is -2.09. The minimum atomic E-state index is -0.0262. The summed E-state index contributed by atoms with van der Waals surface area (Å²) >= 11 is 15.3. The highest BCUT2D eigenvalue weighted by Crippen LogP contribution is 2.36. The Bertz CT molecular complexity index is 659. The smallest absolute Gasteiger partial charge is 0.330 e. The van der Waals surface area contributed by atoms with Crippen molar-refractivity contribution in [3.05, 3.63) is 26.7 Å². The molecule has 3 N–H and O–H groups in total. The highest BCUT2D eigenvalue weighted by atomic mass is 79.9. The Labute approximate surface area is 138 Å². The zero-order valence-electron chi connectivity index (χ0n) is 10.7. The summed E-state index contributed by atoms with van der Waals surface area (Å²) in [4.78, 5) is 11.8. The van der Waals surface area contributed by atoms with E-state index in [4.69, 9.17) is 38.5 Å². The number of nitrogens with one attached hydrogen (secondary N) is 1. The number of nitrogens with two attached hydrogens (primary N) is 1. The Morgan fingerprint density at radius 1 is 1.19 bits per heavy atom. The fraction of sp³-hybridized carbons (Fsp3) is 0.182. The maximum atomic E-state index is 6.07. The monoisotopic (exact) mass is 393 g/mol. The predicted octanol–water partition coefficient (Wildman–Crippen LogP) is 3.42. The molecule has 2 aromatic rings. The molecule has 1 aromatic heterocycles. The highest BCUT2D eigenvalue weighted by molar-refractivity contribution is 9.10. The summed E-state index contributed by atoms with van der Waals surface area (Å²) in [7, 11) is 0. The topological polar surface area (TPSA) is 95.2 Å². The number of nitrogens with zero attached hydrogens (tertiary/aromatic N) is 3. The number of rotatable bonds is 5. The molecule has 0 bridgehead atoms. The molecule has 112 valence electrons. The number of nitrogen functional groups attached to an aromatic ring is 1.